The third-order valence-electron chi connectivity index (χ3n) is 3.54. The summed E-state index contributed by atoms with van der Waals surface area (Å²) in [4.78, 5) is 16.3. The number of piperidine rings is 1. The van der Waals surface area contributed by atoms with E-state index in [2.05, 4.69) is 15.6 Å². The van der Waals surface area contributed by atoms with Crippen LogP contribution in [0.1, 0.15) is 23.2 Å². The van der Waals surface area contributed by atoms with Crippen LogP contribution in [0.3, 0.4) is 0 Å². The lowest BCUT2D eigenvalue weighted by Crippen LogP contribution is -2.45. The highest BCUT2D eigenvalue weighted by molar-refractivity contribution is 5.94. The molecule has 1 fully saturated rings. The molecule has 0 bridgehead atoms. The highest BCUT2D eigenvalue weighted by atomic mass is 16.1. The fraction of sp³-hybridized carbons (Fsp3) is 0.333. The first kappa shape index (κ1) is 12.9. The van der Waals surface area contributed by atoms with E-state index in [-0.39, 0.29) is 11.9 Å². The fourth-order valence-corrected chi connectivity index (χ4v) is 2.46. The van der Waals surface area contributed by atoms with Crippen LogP contribution in [-0.2, 0) is 0 Å². The van der Waals surface area contributed by atoms with Crippen LogP contribution in [0.4, 0.5) is 0 Å². The summed E-state index contributed by atoms with van der Waals surface area (Å²) in [6.07, 6.45) is 7.46. The summed E-state index contributed by atoms with van der Waals surface area (Å²) < 4.78 is 1.89. The summed E-state index contributed by atoms with van der Waals surface area (Å²) in [7, 11) is 0. The summed E-state index contributed by atoms with van der Waals surface area (Å²) in [5.74, 6) is -0.0133. The summed E-state index contributed by atoms with van der Waals surface area (Å²) >= 11 is 0. The normalized spacial score (nSPS) is 18.7. The van der Waals surface area contributed by atoms with Gasteiger partial charge in [-0.05, 0) is 37.6 Å². The average molecular weight is 270 g/mol. The van der Waals surface area contributed by atoms with Crippen molar-refractivity contribution in [3.05, 3.63) is 48.5 Å². The molecule has 3 rings (SSSR count). The number of hydrogen-bond acceptors (Lipinski definition) is 3. The Morgan fingerprint density at radius 2 is 2.40 bits per heavy atom. The maximum atomic E-state index is 12.3. The number of rotatable bonds is 3. The van der Waals surface area contributed by atoms with Gasteiger partial charge in [0.05, 0.1) is 6.33 Å². The Balaban J connectivity index is 1.73. The predicted molar refractivity (Wildman–Crippen MR) is 76.9 cm³/mol. The minimum atomic E-state index is -0.0133. The molecule has 2 N–H and O–H groups in total. The van der Waals surface area contributed by atoms with Gasteiger partial charge in [-0.3, -0.25) is 4.79 Å². The second-order valence-corrected chi connectivity index (χ2v) is 5.04. The molecule has 1 aromatic carbocycles. The molecule has 5 nitrogen and oxygen atoms in total. The number of hydrogen-bond donors (Lipinski definition) is 2. The summed E-state index contributed by atoms with van der Waals surface area (Å²) in [5.41, 5.74) is 1.62. The lowest BCUT2D eigenvalue weighted by Gasteiger charge is -2.23. The highest BCUT2D eigenvalue weighted by Gasteiger charge is 2.16. The Bertz CT molecular complexity index is 573. The van der Waals surface area contributed by atoms with Crippen LogP contribution < -0.4 is 10.6 Å². The van der Waals surface area contributed by atoms with Crippen LogP contribution in [-0.4, -0.2) is 34.6 Å². The van der Waals surface area contributed by atoms with Crippen LogP contribution in [0, 0.1) is 0 Å². The highest BCUT2D eigenvalue weighted by Crippen LogP contribution is 2.11. The lowest BCUT2D eigenvalue weighted by molar-refractivity contribution is 0.0930. The molecule has 1 aromatic heterocycles. The number of nitrogens with zero attached hydrogens (tertiary/aromatic N) is 2. The van der Waals surface area contributed by atoms with Crippen LogP contribution >= 0.6 is 0 Å². The van der Waals surface area contributed by atoms with Gasteiger partial charge in [0, 0.05) is 36.2 Å². The van der Waals surface area contributed by atoms with E-state index in [1.165, 1.54) is 0 Å². The zero-order valence-corrected chi connectivity index (χ0v) is 11.2. The molecular formula is C15H18N4O. The molecule has 1 saturated heterocycles. The fourth-order valence-electron chi connectivity index (χ4n) is 2.46. The molecule has 0 saturated carbocycles. The van der Waals surface area contributed by atoms with Crippen molar-refractivity contribution in [2.75, 3.05) is 13.1 Å². The summed E-state index contributed by atoms with van der Waals surface area (Å²) in [5, 5.41) is 6.38. The first-order chi connectivity index (χ1) is 9.83. The first-order valence-electron chi connectivity index (χ1n) is 6.93. The van der Waals surface area contributed by atoms with Crippen molar-refractivity contribution in [3.63, 3.8) is 0 Å². The van der Waals surface area contributed by atoms with Crippen LogP contribution in [0.25, 0.3) is 5.69 Å². The van der Waals surface area contributed by atoms with E-state index >= 15 is 0 Å². The molecule has 0 unspecified atom stereocenters. The van der Waals surface area contributed by atoms with Gasteiger partial charge in [0.15, 0.2) is 0 Å². The van der Waals surface area contributed by atoms with Crippen molar-refractivity contribution in [2.24, 2.45) is 0 Å². The zero-order chi connectivity index (χ0) is 13.8. The van der Waals surface area contributed by atoms with Crippen molar-refractivity contribution < 1.29 is 4.79 Å². The van der Waals surface area contributed by atoms with E-state index < -0.39 is 0 Å². The molecule has 0 radical (unpaired) electrons. The molecule has 20 heavy (non-hydrogen) atoms. The third kappa shape index (κ3) is 2.88. The van der Waals surface area contributed by atoms with Gasteiger partial charge < -0.3 is 15.2 Å². The second-order valence-electron chi connectivity index (χ2n) is 5.04. The van der Waals surface area contributed by atoms with Gasteiger partial charge in [-0.2, -0.15) is 0 Å². The van der Waals surface area contributed by atoms with Crippen molar-refractivity contribution in [3.8, 4) is 5.69 Å². The van der Waals surface area contributed by atoms with E-state index in [0.717, 1.165) is 31.6 Å². The first-order valence-corrected chi connectivity index (χ1v) is 6.93. The van der Waals surface area contributed by atoms with E-state index in [0.29, 0.717) is 5.56 Å². The number of aromatic nitrogens is 2. The number of amides is 1. The molecular weight excluding hydrogens is 252 g/mol. The molecule has 2 heterocycles. The second kappa shape index (κ2) is 5.88. The van der Waals surface area contributed by atoms with Crippen molar-refractivity contribution >= 4 is 5.91 Å². The average Bonchev–Trinajstić information content (AvgIpc) is 3.03. The maximum Gasteiger partial charge on any atom is 0.251 e. The molecule has 0 aliphatic carbocycles. The maximum absolute atomic E-state index is 12.3. The Morgan fingerprint density at radius 3 is 3.15 bits per heavy atom. The van der Waals surface area contributed by atoms with Gasteiger partial charge in [-0.25, -0.2) is 4.98 Å². The molecule has 5 heteroatoms. The Labute approximate surface area is 118 Å². The smallest absolute Gasteiger partial charge is 0.251 e. The minimum Gasteiger partial charge on any atom is -0.348 e. The summed E-state index contributed by atoms with van der Waals surface area (Å²) in [6.45, 7) is 1.90. The zero-order valence-electron chi connectivity index (χ0n) is 11.2. The van der Waals surface area contributed by atoms with E-state index in [9.17, 15) is 4.79 Å². The SMILES string of the molecule is O=C(N[C@H]1CCCNC1)c1cccc(-n2ccnc2)c1. The van der Waals surface area contributed by atoms with Gasteiger partial charge in [0.2, 0.25) is 0 Å². The monoisotopic (exact) mass is 270 g/mol. The van der Waals surface area contributed by atoms with Gasteiger partial charge in [-0.15, -0.1) is 0 Å². The van der Waals surface area contributed by atoms with E-state index in [1.54, 1.807) is 12.5 Å². The molecule has 1 atom stereocenters. The Kier molecular flexibility index (Phi) is 3.78. The molecule has 1 aliphatic heterocycles. The molecule has 2 aromatic rings. The summed E-state index contributed by atoms with van der Waals surface area (Å²) in [6, 6.07) is 7.80. The molecule has 1 aliphatic rings. The quantitative estimate of drug-likeness (QED) is 0.885. The Morgan fingerprint density at radius 1 is 1.45 bits per heavy atom. The number of nitrogens with one attached hydrogen (secondary N) is 2. The predicted octanol–water partition coefficient (Wildman–Crippen LogP) is 1.35. The van der Waals surface area contributed by atoms with Crippen LogP contribution in [0.5, 0.6) is 0 Å². The standard InChI is InChI=1S/C15H18N4O/c20-15(18-13-4-2-6-16-10-13)12-3-1-5-14(9-12)19-8-7-17-11-19/h1,3,5,7-9,11,13,16H,2,4,6,10H2,(H,18,20)/t13-/m0/s1. The number of carbonyl (C=O) groups is 1. The number of carbonyl (C=O) groups excluding carboxylic acids is 1. The van der Waals surface area contributed by atoms with Crippen molar-refractivity contribution in [1.82, 2.24) is 20.2 Å². The Hall–Kier alpha value is -2.14. The van der Waals surface area contributed by atoms with E-state index in [1.807, 2.05) is 35.0 Å². The minimum absolute atomic E-state index is 0.0133. The molecule has 1 amide bonds. The topological polar surface area (TPSA) is 59.0 Å². The van der Waals surface area contributed by atoms with Crippen molar-refractivity contribution in [2.45, 2.75) is 18.9 Å². The van der Waals surface area contributed by atoms with Crippen LogP contribution in [0.15, 0.2) is 43.0 Å². The van der Waals surface area contributed by atoms with Crippen molar-refractivity contribution in [1.29, 1.82) is 0 Å². The van der Waals surface area contributed by atoms with Gasteiger partial charge in [0.25, 0.3) is 5.91 Å². The largest absolute Gasteiger partial charge is 0.348 e. The number of benzene rings is 1. The van der Waals surface area contributed by atoms with E-state index in [4.69, 9.17) is 0 Å². The third-order valence-corrected chi connectivity index (χ3v) is 3.54. The van der Waals surface area contributed by atoms with Gasteiger partial charge in [-0.1, -0.05) is 6.07 Å². The molecule has 0 spiro atoms. The van der Waals surface area contributed by atoms with Crippen LogP contribution in [0.2, 0.25) is 0 Å². The lowest BCUT2D eigenvalue weighted by atomic mass is 10.1. The van der Waals surface area contributed by atoms with Gasteiger partial charge in [0.1, 0.15) is 0 Å². The number of imidazole rings is 1. The van der Waals surface area contributed by atoms with Gasteiger partial charge >= 0.3 is 0 Å². The molecule has 104 valence electrons.